The monoisotopic (exact) mass is 328 g/mol. The number of pyridine rings is 1. The van der Waals surface area contributed by atoms with Crippen LogP contribution in [0.2, 0.25) is 0 Å². The van der Waals surface area contributed by atoms with Gasteiger partial charge in [-0.1, -0.05) is 12.2 Å². The van der Waals surface area contributed by atoms with Crippen molar-refractivity contribution in [1.82, 2.24) is 15.6 Å². The fraction of sp³-hybridized carbons (Fsp3) is 0.467. The molecule has 2 N–H and O–H groups in total. The Bertz CT molecular complexity index is 564. The van der Waals surface area contributed by atoms with Gasteiger partial charge in [0.2, 0.25) is 5.88 Å². The van der Waals surface area contributed by atoms with E-state index < -0.39 is 17.6 Å². The van der Waals surface area contributed by atoms with Gasteiger partial charge in [-0.05, 0) is 25.0 Å². The first-order chi connectivity index (χ1) is 11.0. The van der Waals surface area contributed by atoms with Crippen LogP contribution in [0.15, 0.2) is 35.5 Å². The second-order valence-corrected chi connectivity index (χ2v) is 4.99. The van der Waals surface area contributed by atoms with Gasteiger partial charge in [0.25, 0.3) is 0 Å². The van der Waals surface area contributed by atoms with Crippen molar-refractivity contribution in [2.24, 2.45) is 4.99 Å². The molecule has 8 heteroatoms. The molecule has 126 valence electrons. The van der Waals surface area contributed by atoms with E-state index in [9.17, 15) is 13.2 Å². The Morgan fingerprint density at radius 2 is 2.13 bits per heavy atom. The van der Waals surface area contributed by atoms with Gasteiger partial charge in [-0.15, -0.1) is 0 Å². The Labute approximate surface area is 132 Å². The van der Waals surface area contributed by atoms with E-state index in [0.717, 1.165) is 18.9 Å². The van der Waals surface area contributed by atoms with Crippen LogP contribution in [0, 0.1) is 0 Å². The van der Waals surface area contributed by atoms with Crippen molar-refractivity contribution in [3.05, 3.63) is 36.0 Å². The molecule has 0 spiro atoms. The first-order valence-corrected chi connectivity index (χ1v) is 7.28. The first kappa shape index (κ1) is 17.1. The summed E-state index contributed by atoms with van der Waals surface area (Å²) in [6.07, 6.45) is 2.83. The van der Waals surface area contributed by atoms with Crippen molar-refractivity contribution in [2.75, 3.05) is 20.2 Å². The van der Waals surface area contributed by atoms with E-state index in [1.54, 1.807) is 7.05 Å². The molecule has 0 aromatic carbocycles. The number of aromatic nitrogens is 1. The molecule has 23 heavy (non-hydrogen) atoms. The maximum atomic E-state index is 12.8. The smallest absolute Gasteiger partial charge is 0.421 e. The highest BCUT2D eigenvalue weighted by atomic mass is 19.4. The SMILES string of the molecule is CN=C(NCCOc1ncccc1C(F)(F)F)NC1CC=CC1. The molecule has 0 saturated heterocycles. The lowest BCUT2D eigenvalue weighted by Crippen LogP contribution is -2.43. The molecular weight excluding hydrogens is 309 g/mol. The predicted octanol–water partition coefficient (Wildman–Crippen LogP) is 2.36. The van der Waals surface area contributed by atoms with E-state index in [-0.39, 0.29) is 6.61 Å². The Balaban J connectivity index is 1.79. The molecule has 0 bridgehead atoms. The molecule has 0 radical (unpaired) electrons. The zero-order valence-corrected chi connectivity index (χ0v) is 12.7. The number of nitrogens with zero attached hydrogens (tertiary/aromatic N) is 2. The third kappa shape index (κ3) is 5.15. The summed E-state index contributed by atoms with van der Waals surface area (Å²) < 4.78 is 43.5. The zero-order chi connectivity index (χ0) is 16.7. The van der Waals surface area contributed by atoms with E-state index in [2.05, 4.69) is 32.8 Å². The minimum Gasteiger partial charge on any atom is -0.475 e. The van der Waals surface area contributed by atoms with Crippen LogP contribution in [-0.2, 0) is 6.18 Å². The number of rotatable bonds is 5. The maximum Gasteiger partial charge on any atom is 0.421 e. The molecule has 0 saturated carbocycles. The van der Waals surface area contributed by atoms with Gasteiger partial charge in [0.1, 0.15) is 12.2 Å². The maximum absolute atomic E-state index is 12.8. The second-order valence-electron chi connectivity index (χ2n) is 4.99. The lowest BCUT2D eigenvalue weighted by atomic mass is 10.2. The average molecular weight is 328 g/mol. The lowest BCUT2D eigenvalue weighted by Gasteiger charge is -2.17. The number of nitrogens with one attached hydrogen (secondary N) is 2. The standard InChI is InChI=1S/C15H19F3N4O/c1-19-14(22-11-5-2-3-6-11)21-9-10-23-13-12(15(16,17)18)7-4-8-20-13/h2-4,7-8,11H,5-6,9-10H2,1H3,(H2,19,21,22). The van der Waals surface area contributed by atoms with Gasteiger partial charge in [-0.2, -0.15) is 13.2 Å². The van der Waals surface area contributed by atoms with Crippen molar-refractivity contribution in [1.29, 1.82) is 0 Å². The van der Waals surface area contributed by atoms with Gasteiger partial charge >= 0.3 is 6.18 Å². The zero-order valence-electron chi connectivity index (χ0n) is 12.7. The molecular formula is C15H19F3N4O. The third-order valence-electron chi connectivity index (χ3n) is 3.28. The predicted molar refractivity (Wildman–Crippen MR) is 81.4 cm³/mol. The highest BCUT2D eigenvalue weighted by molar-refractivity contribution is 5.80. The van der Waals surface area contributed by atoms with Crippen LogP contribution in [0.25, 0.3) is 0 Å². The van der Waals surface area contributed by atoms with Crippen LogP contribution in [0.5, 0.6) is 5.88 Å². The minimum atomic E-state index is -4.48. The molecule has 0 atom stereocenters. The van der Waals surface area contributed by atoms with E-state index in [4.69, 9.17) is 4.74 Å². The third-order valence-corrected chi connectivity index (χ3v) is 3.28. The largest absolute Gasteiger partial charge is 0.475 e. The highest BCUT2D eigenvalue weighted by Gasteiger charge is 2.34. The van der Waals surface area contributed by atoms with Crippen molar-refractivity contribution >= 4 is 5.96 Å². The van der Waals surface area contributed by atoms with Crippen LogP contribution < -0.4 is 15.4 Å². The number of alkyl halides is 3. The normalized spacial score (nSPS) is 15.7. The summed E-state index contributed by atoms with van der Waals surface area (Å²) in [5.41, 5.74) is -0.875. The molecule has 0 fully saturated rings. The molecule has 1 heterocycles. The highest BCUT2D eigenvalue weighted by Crippen LogP contribution is 2.34. The molecule has 1 aliphatic rings. The van der Waals surface area contributed by atoms with Crippen molar-refractivity contribution in [3.8, 4) is 5.88 Å². The van der Waals surface area contributed by atoms with Crippen LogP contribution in [0.1, 0.15) is 18.4 Å². The topological polar surface area (TPSA) is 58.5 Å². The first-order valence-electron chi connectivity index (χ1n) is 7.28. The van der Waals surface area contributed by atoms with Crippen molar-refractivity contribution in [2.45, 2.75) is 25.1 Å². The van der Waals surface area contributed by atoms with E-state index >= 15 is 0 Å². The summed E-state index contributed by atoms with van der Waals surface area (Å²) in [5.74, 6) is 0.184. The van der Waals surface area contributed by atoms with Crippen LogP contribution in [0.4, 0.5) is 13.2 Å². The molecule has 0 unspecified atom stereocenters. The summed E-state index contributed by atoms with van der Waals surface area (Å²) in [7, 11) is 1.64. The number of hydrogen-bond donors (Lipinski definition) is 2. The number of ether oxygens (including phenoxy) is 1. The summed E-state index contributed by atoms with van der Waals surface area (Å²) >= 11 is 0. The molecule has 1 aliphatic carbocycles. The minimum absolute atomic E-state index is 0.0453. The molecule has 1 aromatic rings. The number of hydrogen-bond acceptors (Lipinski definition) is 3. The Morgan fingerprint density at radius 1 is 1.39 bits per heavy atom. The quantitative estimate of drug-likeness (QED) is 0.377. The van der Waals surface area contributed by atoms with Gasteiger partial charge in [-0.3, -0.25) is 4.99 Å². The van der Waals surface area contributed by atoms with E-state index in [1.807, 2.05) is 0 Å². The fourth-order valence-corrected chi connectivity index (χ4v) is 2.16. The van der Waals surface area contributed by atoms with Crippen molar-refractivity contribution in [3.63, 3.8) is 0 Å². The molecule has 1 aromatic heterocycles. The number of aliphatic imine (C=N–C) groups is 1. The number of halogens is 3. The molecule has 5 nitrogen and oxygen atoms in total. The summed E-state index contributed by atoms with van der Waals surface area (Å²) in [4.78, 5) is 7.71. The van der Waals surface area contributed by atoms with Crippen LogP contribution in [-0.4, -0.2) is 37.2 Å². The Kier molecular flexibility index (Phi) is 5.84. The van der Waals surface area contributed by atoms with E-state index in [0.29, 0.717) is 18.5 Å². The van der Waals surface area contributed by atoms with E-state index in [1.165, 1.54) is 12.3 Å². The van der Waals surface area contributed by atoms with Crippen LogP contribution in [0.3, 0.4) is 0 Å². The lowest BCUT2D eigenvalue weighted by molar-refractivity contribution is -0.139. The summed E-state index contributed by atoms with van der Waals surface area (Å²) in [6.45, 7) is 0.359. The molecule has 0 aliphatic heterocycles. The van der Waals surface area contributed by atoms with Gasteiger partial charge in [0, 0.05) is 19.3 Å². The number of guanidine groups is 1. The van der Waals surface area contributed by atoms with Crippen molar-refractivity contribution < 1.29 is 17.9 Å². The van der Waals surface area contributed by atoms with Gasteiger partial charge < -0.3 is 15.4 Å². The summed E-state index contributed by atoms with van der Waals surface area (Å²) in [5, 5.41) is 6.23. The average Bonchev–Trinajstić information content (AvgIpc) is 3.02. The Hall–Kier alpha value is -2.25. The van der Waals surface area contributed by atoms with Gasteiger partial charge in [0.15, 0.2) is 5.96 Å². The van der Waals surface area contributed by atoms with Gasteiger partial charge in [0.05, 0.1) is 6.54 Å². The fourth-order valence-electron chi connectivity index (χ4n) is 2.16. The Morgan fingerprint density at radius 3 is 2.78 bits per heavy atom. The summed E-state index contributed by atoms with van der Waals surface area (Å²) in [6, 6.07) is 2.48. The molecule has 0 amide bonds. The van der Waals surface area contributed by atoms with Crippen LogP contribution >= 0.6 is 0 Å². The molecule has 2 rings (SSSR count). The van der Waals surface area contributed by atoms with Gasteiger partial charge in [-0.25, -0.2) is 4.98 Å². The second kappa shape index (κ2) is 7.85.